The molecule has 0 bridgehead atoms. The molecule has 0 atom stereocenters. The lowest BCUT2D eigenvalue weighted by Gasteiger charge is -2.31. The van der Waals surface area contributed by atoms with E-state index in [2.05, 4.69) is 188 Å². The second kappa shape index (κ2) is 11.5. The Morgan fingerprint density at radius 2 is 0.385 bits per heavy atom. The first-order valence-corrected chi connectivity index (χ1v) is 16.8. The molecule has 0 heterocycles. The van der Waals surface area contributed by atoms with E-state index in [0.717, 1.165) is 0 Å². The summed E-state index contributed by atoms with van der Waals surface area (Å²) in [7, 11) is -4.74. The predicted octanol–water partition coefficient (Wildman–Crippen LogP) is 6.97. The van der Waals surface area contributed by atoms with Crippen molar-refractivity contribution < 1.29 is 0 Å². The second-order valence-electron chi connectivity index (χ2n) is 9.45. The molecule has 0 spiro atoms. The number of hydrogen-bond acceptors (Lipinski definition) is 0. The zero-order valence-corrected chi connectivity index (χ0v) is 23.5. The van der Waals surface area contributed by atoms with Crippen molar-refractivity contribution in [2.24, 2.45) is 0 Å². The summed E-state index contributed by atoms with van der Waals surface area (Å²) in [5.41, 5.74) is 0. The van der Waals surface area contributed by atoms with Crippen LogP contribution in [-0.4, -0.2) is 0 Å². The Labute approximate surface area is 233 Å². The van der Waals surface area contributed by atoms with Crippen molar-refractivity contribution in [1.29, 1.82) is 0 Å². The number of benzene rings is 6. The monoisotopic (exact) mass is 536 g/mol. The summed E-state index contributed by atoms with van der Waals surface area (Å²) in [5.74, 6) is 4.60. The van der Waals surface area contributed by atoms with Crippen molar-refractivity contribution in [3.8, 4) is 0 Å². The lowest BCUT2D eigenvalue weighted by atomic mass is 10.4. The van der Waals surface area contributed by atoms with Gasteiger partial charge in [0.15, 0.2) is 14.5 Å². The van der Waals surface area contributed by atoms with E-state index >= 15 is 0 Å². The molecule has 6 aromatic carbocycles. The van der Waals surface area contributed by atoms with Crippen molar-refractivity contribution in [3.05, 3.63) is 188 Å². The Bertz CT molecular complexity index is 1270. The topological polar surface area (TPSA) is 0 Å². The first-order valence-electron chi connectivity index (χ1n) is 13.3. The molecule has 0 unspecified atom stereocenters. The van der Waals surface area contributed by atoms with Crippen LogP contribution < -0.4 is 31.8 Å². The van der Waals surface area contributed by atoms with Crippen molar-refractivity contribution >= 4 is 46.4 Å². The van der Waals surface area contributed by atoms with Crippen LogP contribution in [0.3, 0.4) is 0 Å². The Morgan fingerprint density at radius 3 is 0.538 bits per heavy atom. The fourth-order valence-corrected chi connectivity index (χ4v) is 15.5. The fraction of sp³-hybridized carbons (Fsp3) is 0. The smallest absolute Gasteiger partial charge is 0.0620 e. The quantitative estimate of drug-likeness (QED) is 0.184. The fourth-order valence-electron chi connectivity index (χ4n) is 5.38. The largest absolute Gasteiger partial charge is 0.369 e. The van der Waals surface area contributed by atoms with Gasteiger partial charge in [-0.25, -0.2) is 0 Å². The second-order valence-corrected chi connectivity index (χ2v) is 16.0. The van der Waals surface area contributed by atoms with Crippen molar-refractivity contribution in [3.63, 3.8) is 0 Å². The molecule has 0 aliphatic rings. The summed E-state index contributed by atoms with van der Waals surface area (Å²) >= 11 is 0. The van der Waals surface area contributed by atoms with Crippen LogP contribution in [0, 0.1) is 5.90 Å². The van der Waals surface area contributed by atoms with E-state index in [-0.39, 0.29) is 0 Å². The zero-order valence-electron chi connectivity index (χ0n) is 21.7. The molecule has 0 aromatic heterocycles. The van der Waals surface area contributed by atoms with Crippen LogP contribution in [0.25, 0.3) is 0 Å². The van der Waals surface area contributed by atoms with Crippen LogP contribution in [0.4, 0.5) is 0 Å². The van der Waals surface area contributed by atoms with Crippen LogP contribution >= 0.6 is 14.5 Å². The lowest BCUT2D eigenvalue weighted by Crippen LogP contribution is -2.38. The van der Waals surface area contributed by atoms with Gasteiger partial charge in [-0.1, -0.05) is 109 Å². The summed E-state index contributed by atoms with van der Waals surface area (Å²) in [5, 5.41) is 7.89. The van der Waals surface area contributed by atoms with E-state index in [4.69, 9.17) is 0 Å². The molecule has 2 radical (unpaired) electrons. The summed E-state index contributed by atoms with van der Waals surface area (Å²) in [6, 6.07) is 66.4. The molecule has 2 heteroatoms. The van der Waals surface area contributed by atoms with Crippen molar-refractivity contribution in [2.45, 2.75) is 0 Å². The van der Waals surface area contributed by atoms with Gasteiger partial charge < -0.3 is 0 Å². The van der Waals surface area contributed by atoms with Gasteiger partial charge in [0.1, 0.15) is 31.8 Å². The molecule has 0 saturated heterocycles. The maximum atomic E-state index is 4.60. The molecule has 0 nitrogen and oxygen atoms in total. The van der Waals surface area contributed by atoms with E-state index < -0.39 is 14.5 Å². The van der Waals surface area contributed by atoms with Crippen molar-refractivity contribution in [1.82, 2.24) is 0 Å². The Morgan fingerprint density at radius 1 is 0.231 bits per heavy atom. The van der Waals surface area contributed by atoms with Gasteiger partial charge in [0.25, 0.3) is 0 Å². The molecule has 0 saturated carbocycles. The van der Waals surface area contributed by atoms with E-state index in [0.29, 0.717) is 0 Å². The van der Waals surface area contributed by atoms with Gasteiger partial charge in [0.05, 0.1) is 0 Å². The Balaban J connectivity index is 1.76. The first-order chi connectivity index (χ1) is 19.3. The van der Waals surface area contributed by atoms with Gasteiger partial charge in [0.2, 0.25) is 0 Å². The van der Waals surface area contributed by atoms with E-state index in [9.17, 15) is 0 Å². The molecule has 0 aliphatic carbocycles. The third kappa shape index (κ3) is 4.77. The van der Waals surface area contributed by atoms with E-state index in [1.807, 2.05) is 0 Å². The summed E-state index contributed by atoms with van der Waals surface area (Å²) in [4.78, 5) is 0. The third-order valence-corrected chi connectivity index (χ3v) is 16.0. The van der Waals surface area contributed by atoms with Gasteiger partial charge in [-0.15, -0.1) is 0 Å². The highest BCUT2D eigenvalue weighted by Gasteiger charge is 2.63. The van der Waals surface area contributed by atoms with Crippen LogP contribution in [-0.2, 0) is 0 Å². The van der Waals surface area contributed by atoms with Crippen LogP contribution in [0.2, 0.25) is 0 Å². The average molecular weight is 537 g/mol. The number of hydrogen-bond donors (Lipinski definition) is 0. The highest BCUT2D eigenvalue weighted by atomic mass is 31.2. The Hall–Kier alpha value is -3.82. The first kappa shape index (κ1) is 25.5. The molecule has 186 valence electrons. The normalized spacial score (nSPS) is 11.7. The number of rotatable bonds is 8. The molecule has 0 aliphatic heterocycles. The molecule has 0 N–H and O–H groups in total. The molecule has 0 fully saturated rings. The van der Waals surface area contributed by atoms with Crippen molar-refractivity contribution in [2.75, 3.05) is 0 Å². The molecule has 39 heavy (non-hydrogen) atoms. The van der Waals surface area contributed by atoms with E-state index in [1.54, 1.807) is 0 Å². The zero-order chi connectivity index (χ0) is 26.4. The van der Waals surface area contributed by atoms with Gasteiger partial charge in [-0.05, 0) is 72.8 Å². The third-order valence-electron chi connectivity index (χ3n) is 7.16. The molecular weight excluding hydrogens is 506 g/mol. The highest BCUT2D eigenvalue weighted by molar-refractivity contribution is 8.13. The lowest BCUT2D eigenvalue weighted by molar-refractivity contribution is 1.71. The minimum atomic E-state index is -2.37. The minimum absolute atomic E-state index is 1.31. The van der Waals surface area contributed by atoms with Gasteiger partial charge in [0, 0.05) is 0 Å². The molecule has 0 amide bonds. The molecular formula is C37H30P2+2. The molecule has 6 rings (SSSR count). The summed E-state index contributed by atoms with van der Waals surface area (Å²) < 4.78 is 0. The Kier molecular flexibility index (Phi) is 7.51. The maximum absolute atomic E-state index is 4.60. The molecule has 6 aromatic rings. The van der Waals surface area contributed by atoms with Gasteiger partial charge in [-0.3, -0.25) is 0 Å². The van der Waals surface area contributed by atoms with Crippen LogP contribution in [0.5, 0.6) is 0 Å². The summed E-state index contributed by atoms with van der Waals surface area (Å²) in [6.07, 6.45) is 0. The van der Waals surface area contributed by atoms with Crippen LogP contribution in [0.15, 0.2) is 182 Å². The van der Waals surface area contributed by atoms with E-state index in [1.165, 1.54) is 31.8 Å². The predicted molar refractivity (Wildman–Crippen MR) is 174 cm³/mol. The summed E-state index contributed by atoms with van der Waals surface area (Å²) in [6.45, 7) is 0. The van der Waals surface area contributed by atoms with Gasteiger partial charge in [-0.2, -0.15) is 0 Å². The standard InChI is InChI=1S/C37H30P2/c1-7-19-32(20-8-1)38(33-21-9-2-10-22-33,34-23-11-3-12-24-34)31-39(35-25-13-4-14-26-35,36-27-15-5-16-28-36)37-29-17-6-18-30-37/h1-30H/q+2. The highest BCUT2D eigenvalue weighted by Crippen LogP contribution is 2.74. The average Bonchev–Trinajstić information content (AvgIpc) is 3.04. The maximum Gasteiger partial charge on any atom is 0.369 e. The van der Waals surface area contributed by atoms with Gasteiger partial charge >= 0.3 is 5.90 Å². The minimum Gasteiger partial charge on any atom is -0.0620 e. The van der Waals surface area contributed by atoms with Crippen LogP contribution in [0.1, 0.15) is 0 Å². The SMILES string of the molecule is [C]([P+](c1ccccc1)(c1ccccc1)c1ccccc1)[P+](c1ccccc1)(c1ccccc1)c1ccccc1.